The Morgan fingerprint density at radius 3 is 2.32 bits per heavy atom. The molecule has 110 valence electrons. The van der Waals surface area contributed by atoms with Crippen molar-refractivity contribution in [2.45, 2.75) is 64.5 Å². The van der Waals surface area contributed by atoms with Crippen molar-refractivity contribution >= 4 is 5.97 Å². The molecule has 0 heterocycles. The summed E-state index contributed by atoms with van der Waals surface area (Å²) in [6.45, 7) is 7.45. The van der Waals surface area contributed by atoms with E-state index in [1.54, 1.807) is 0 Å². The van der Waals surface area contributed by atoms with Crippen LogP contribution in [0, 0.1) is 11.3 Å². The zero-order chi connectivity index (χ0) is 14.1. The fraction of sp³-hybridized carbons (Fsp3) is 0.933. The van der Waals surface area contributed by atoms with Gasteiger partial charge in [-0.1, -0.05) is 20.8 Å². The first kappa shape index (κ1) is 14.8. The molecular weight excluding hydrogens is 242 g/mol. The highest BCUT2D eigenvalue weighted by Crippen LogP contribution is 2.42. The molecule has 0 radical (unpaired) electrons. The number of hydrogen-bond donors (Lipinski definition) is 2. The lowest BCUT2D eigenvalue weighted by Gasteiger charge is -2.31. The van der Waals surface area contributed by atoms with E-state index in [-0.39, 0.29) is 11.3 Å². The van der Waals surface area contributed by atoms with Crippen LogP contribution in [-0.4, -0.2) is 35.9 Å². The summed E-state index contributed by atoms with van der Waals surface area (Å²) in [4.78, 5) is 11.7. The molecule has 4 nitrogen and oxygen atoms in total. The molecule has 0 amide bonds. The summed E-state index contributed by atoms with van der Waals surface area (Å²) in [7, 11) is 0. The monoisotopic (exact) mass is 269 g/mol. The van der Waals surface area contributed by atoms with E-state index in [1.807, 2.05) is 0 Å². The van der Waals surface area contributed by atoms with Gasteiger partial charge in [-0.25, -0.2) is 0 Å². The maximum atomic E-state index is 11.7. The lowest BCUT2D eigenvalue weighted by molar-refractivity contribution is -0.149. The second kappa shape index (κ2) is 5.41. The van der Waals surface area contributed by atoms with Gasteiger partial charge in [0.05, 0.1) is 6.61 Å². The van der Waals surface area contributed by atoms with Gasteiger partial charge in [0.25, 0.3) is 0 Å². The van der Waals surface area contributed by atoms with Crippen molar-refractivity contribution in [1.82, 2.24) is 5.32 Å². The van der Waals surface area contributed by atoms with E-state index in [0.717, 1.165) is 32.1 Å². The molecule has 0 aliphatic heterocycles. The Morgan fingerprint density at radius 1 is 1.26 bits per heavy atom. The van der Waals surface area contributed by atoms with E-state index in [9.17, 15) is 9.90 Å². The van der Waals surface area contributed by atoms with Crippen molar-refractivity contribution in [3.8, 4) is 0 Å². The van der Waals surface area contributed by atoms with E-state index in [4.69, 9.17) is 4.74 Å². The van der Waals surface area contributed by atoms with E-state index in [0.29, 0.717) is 19.3 Å². The SMILES string of the molecule is CC(C)(C)CCOCC(NC1CC1)(C(=O)O)C1CC1. The van der Waals surface area contributed by atoms with Crippen LogP contribution in [0.1, 0.15) is 52.9 Å². The molecule has 2 aliphatic rings. The Labute approximate surface area is 115 Å². The van der Waals surface area contributed by atoms with Gasteiger partial charge in [0.1, 0.15) is 5.54 Å². The molecule has 0 saturated heterocycles. The standard InChI is InChI=1S/C15H27NO3/c1-14(2,3)8-9-19-10-15(13(17)18,11-4-5-11)16-12-6-7-12/h11-12,16H,4-10H2,1-3H3,(H,17,18). The van der Waals surface area contributed by atoms with Crippen LogP contribution in [0.25, 0.3) is 0 Å². The molecule has 2 N–H and O–H groups in total. The van der Waals surface area contributed by atoms with Crippen LogP contribution in [0.15, 0.2) is 0 Å². The van der Waals surface area contributed by atoms with Gasteiger partial charge in [0, 0.05) is 12.6 Å². The van der Waals surface area contributed by atoms with Crippen LogP contribution in [-0.2, 0) is 9.53 Å². The maximum absolute atomic E-state index is 11.7. The number of aliphatic carboxylic acids is 1. The molecule has 0 spiro atoms. The largest absolute Gasteiger partial charge is 0.480 e. The summed E-state index contributed by atoms with van der Waals surface area (Å²) in [5, 5.41) is 13.0. The van der Waals surface area contributed by atoms with Gasteiger partial charge in [-0.2, -0.15) is 0 Å². The summed E-state index contributed by atoms with van der Waals surface area (Å²) < 4.78 is 5.72. The second-order valence-corrected chi connectivity index (χ2v) is 7.33. The molecule has 0 bridgehead atoms. The first-order valence-corrected chi connectivity index (χ1v) is 7.42. The van der Waals surface area contributed by atoms with Crippen molar-refractivity contribution in [2.24, 2.45) is 11.3 Å². The molecule has 0 aromatic carbocycles. The Bertz CT molecular complexity index is 329. The third-order valence-electron chi connectivity index (χ3n) is 4.02. The van der Waals surface area contributed by atoms with Crippen molar-refractivity contribution < 1.29 is 14.6 Å². The maximum Gasteiger partial charge on any atom is 0.326 e. The number of carboxylic acids is 1. The third kappa shape index (κ3) is 4.18. The zero-order valence-electron chi connectivity index (χ0n) is 12.4. The molecular formula is C15H27NO3. The average Bonchev–Trinajstić information content (AvgIpc) is 3.12. The van der Waals surface area contributed by atoms with Gasteiger partial charge in [-0.3, -0.25) is 10.1 Å². The summed E-state index contributed by atoms with van der Waals surface area (Å²) in [5.74, 6) is -0.488. The van der Waals surface area contributed by atoms with Crippen LogP contribution in [0.4, 0.5) is 0 Å². The van der Waals surface area contributed by atoms with E-state index in [2.05, 4.69) is 26.1 Å². The van der Waals surface area contributed by atoms with Gasteiger partial charge >= 0.3 is 5.97 Å². The van der Waals surface area contributed by atoms with Gasteiger partial charge < -0.3 is 9.84 Å². The fourth-order valence-electron chi connectivity index (χ4n) is 2.36. The lowest BCUT2D eigenvalue weighted by atomic mass is 9.92. The minimum atomic E-state index is -0.834. The van der Waals surface area contributed by atoms with E-state index in [1.165, 1.54) is 0 Å². The number of rotatable bonds is 8. The second-order valence-electron chi connectivity index (χ2n) is 7.33. The molecule has 0 aromatic rings. The molecule has 2 aliphatic carbocycles. The summed E-state index contributed by atoms with van der Waals surface area (Å²) in [5.41, 5.74) is -0.603. The lowest BCUT2D eigenvalue weighted by Crippen LogP contribution is -2.58. The van der Waals surface area contributed by atoms with Crippen molar-refractivity contribution in [1.29, 1.82) is 0 Å². The highest BCUT2D eigenvalue weighted by molar-refractivity contribution is 5.80. The Hall–Kier alpha value is -0.610. The zero-order valence-corrected chi connectivity index (χ0v) is 12.4. The fourth-order valence-corrected chi connectivity index (χ4v) is 2.36. The summed E-state index contributed by atoms with van der Waals surface area (Å²) >= 11 is 0. The Morgan fingerprint density at radius 2 is 1.89 bits per heavy atom. The van der Waals surface area contributed by atoms with Gasteiger partial charge in [-0.05, 0) is 43.4 Å². The predicted molar refractivity (Wildman–Crippen MR) is 74.1 cm³/mol. The molecule has 4 heteroatoms. The van der Waals surface area contributed by atoms with Gasteiger partial charge in [0.2, 0.25) is 0 Å². The van der Waals surface area contributed by atoms with Gasteiger partial charge in [0.15, 0.2) is 0 Å². The van der Waals surface area contributed by atoms with Crippen LogP contribution >= 0.6 is 0 Å². The Balaban J connectivity index is 1.87. The normalized spacial score (nSPS) is 23.1. The third-order valence-corrected chi connectivity index (χ3v) is 4.02. The minimum Gasteiger partial charge on any atom is -0.480 e. The minimum absolute atomic E-state index is 0.232. The van der Waals surface area contributed by atoms with Crippen LogP contribution < -0.4 is 5.32 Å². The molecule has 2 saturated carbocycles. The van der Waals surface area contributed by atoms with E-state index >= 15 is 0 Å². The van der Waals surface area contributed by atoms with Crippen LogP contribution in [0.2, 0.25) is 0 Å². The first-order chi connectivity index (χ1) is 8.83. The summed E-state index contributed by atoms with van der Waals surface area (Å²) in [6.07, 6.45) is 5.17. The predicted octanol–water partition coefficient (Wildman–Crippen LogP) is 2.42. The average molecular weight is 269 g/mol. The highest BCUT2D eigenvalue weighted by Gasteiger charge is 2.53. The quantitative estimate of drug-likeness (QED) is 0.664. The molecule has 1 unspecified atom stereocenters. The molecule has 2 fully saturated rings. The topological polar surface area (TPSA) is 58.6 Å². The number of ether oxygens (including phenoxy) is 1. The number of carbonyl (C=O) groups is 1. The highest BCUT2D eigenvalue weighted by atomic mass is 16.5. The van der Waals surface area contributed by atoms with E-state index < -0.39 is 11.5 Å². The van der Waals surface area contributed by atoms with Crippen molar-refractivity contribution in [2.75, 3.05) is 13.2 Å². The van der Waals surface area contributed by atoms with Crippen LogP contribution in [0.3, 0.4) is 0 Å². The molecule has 0 aromatic heterocycles. The van der Waals surface area contributed by atoms with Crippen LogP contribution in [0.5, 0.6) is 0 Å². The smallest absolute Gasteiger partial charge is 0.326 e. The first-order valence-electron chi connectivity index (χ1n) is 7.42. The molecule has 1 atom stereocenters. The van der Waals surface area contributed by atoms with Gasteiger partial charge in [-0.15, -0.1) is 0 Å². The summed E-state index contributed by atoms with van der Waals surface area (Å²) in [6, 6.07) is 0.392. The van der Waals surface area contributed by atoms with Crippen molar-refractivity contribution in [3.05, 3.63) is 0 Å². The number of nitrogens with one attached hydrogen (secondary N) is 1. The molecule has 19 heavy (non-hydrogen) atoms. The number of carboxylic acid groups (broad SMARTS) is 1. The molecule has 2 rings (SSSR count). The Kier molecular flexibility index (Phi) is 4.21. The van der Waals surface area contributed by atoms with Crippen molar-refractivity contribution in [3.63, 3.8) is 0 Å². The number of hydrogen-bond acceptors (Lipinski definition) is 3.